The molecule has 6 heteroatoms. The molecule has 20 heavy (non-hydrogen) atoms. The summed E-state index contributed by atoms with van der Waals surface area (Å²) in [6, 6.07) is 4.59. The molecule has 0 atom stereocenters. The molecule has 0 bridgehead atoms. The Labute approximate surface area is 114 Å². The summed E-state index contributed by atoms with van der Waals surface area (Å²) in [6.45, 7) is 0. The van der Waals surface area contributed by atoms with Gasteiger partial charge in [-0.3, -0.25) is 4.79 Å². The van der Waals surface area contributed by atoms with Gasteiger partial charge in [0.1, 0.15) is 18.1 Å². The van der Waals surface area contributed by atoms with Crippen LogP contribution in [-0.4, -0.2) is 31.1 Å². The Morgan fingerprint density at radius 1 is 1.05 bits per heavy atom. The summed E-state index contributed by atoms with van der Waals surface area (Å²) in [5.74, 6) is -0.812. The zero-order chi connectivity index (χ0) is 14.7. The quantitative estimate of drug-likeness (QED) is 0.843. The predicted molar refractivity (Wildman–Crippen MR) is 68.6 cm³/mol. The first kappa shape index (κ1) is 13.7. The molecular formula is C14H12O6. The topological polar surface area (TPSA) is 86.0 Å². The van der Waals surface area contributed by atoms with Gasteiger partial charge in [0.25, 0.3) is 0 Å². The number of benzene rings is 1. The molecule has 0 saturated heterocycles. The van der Waals surface area contributed by atoms with Crippen molar-refractivity contribution >= 4 is 11.8 Å². The van der Waals surface area contributed by atoms with E-state index >= 15 is 0 Å². The predicted octanol–water partition coefficient (Wildman–Crippen LogP) is 2.23. The fourth-order valence-corrected chi connectivity index (χ4v) is 1.77. The van der Waals surface area contributed by atoms with E-state index in [1.165, 1.54) is 26.4 Å². The number of carboxylic acid groups (broad SMARTS) is 1. The van der Waals surface area contributed by atoms with Crippen LogP contribution in [0.4, 0.5) is 0 Å². The lowest BCUT2D eigenvalue weighted by atomic mass is 10.0. The van der Waals surface area contributed by atoms with Gasteiger partial charge in [0.15, 0.2) is 17.3 Å². The Morgan fingerprint density at radius 3 is 2.30 bits per heavy atom. The summed E-state index contributed by atoms with van der Waals surface area (Å²) < 4.78 is 15.0. The standard InChI is InChI=1S/C14H12O6/c1-18-11-4-3-8(5-12(11)19-2)13(15)9-6-20-7-10(9)14(16)17/h3-7H,1-2H3,(H,16,17). The highest BCUT2D eigenvalue weighted by atomic mass is 16.5. The SMILES string of the molecule is COc1ccc(C(=O)c2cocc2C(=O)O)cc1OC. The van der Waals surface area contributed by atoms with Gasteiger partial charge in [0, 0.05) is 5.56 Å². The van der Waals surface area contributed by atoms with E-state index in [0.717, 1.165) is 12.5 Å². The summed E-state index contributed by atoms with van der Waals surface area (Å²) in [5.41, 5.74) is 0.0982. The van der Waals surface area contributed by atoms with Gasteiger partial charge < -0.3 is 19.0 Å². The zero-order valence-corrected chi connectivity index (χ0v) is 10.9. The van der Waals surface area contributed by atoms with E-state index in [4.69, 9.17) is 19.0 Å². The molecule has 0 aliphatic carbocycles. The lowest BCUT2D eigenvalue weighted by molar-refractivity contribution is 0.0692. The summed E-state index contributed by atoms with van der Waals surface area (Å²) >= 11 is 0. The first-order valence-corrected chi connectivity index (χ1v) is 5.64. The minimum atomic E-state index is -1.22. The van der Waals surface area contributed by atoms with Crippen LogP contribution in [0.1, 0.15) is 26.3 Å². The maximum atomic E-state index is 12.3. The molecule has 1 heterocycles. The van der Waals surface area contributed by atoms with Crippen molar-refractivity contribution in [2.45, 2.75) is 0 Å². The minimum absolute atomic E-state index is 0.00952. The van der Waals surface area contributed by atoms with Crippen LogP contribution in [0.15, 0.2) is 35.1 Å². The third-order valence-corrected chi connectivity index (χ3v) is 2.78. The van der Waals surface area contributed by atoms with Gasteiger partial charge in [-0.15, -0.1) is 0 Å². The number of rotatable bonds is 5. The van der Waals surface area contributed by atoms with Crippen LogP contribution in [0.25, 0.3) is 0 Å². The Hall–Kier alpha value is -2.76. The van der Waals surface area contributed by atoms with Crippen LogP contribution in [-0.2, 0) is 0 Å². The van der Waals surface area contributed by atoms with E-state index in [0.29, 0.717) is 11.5 Å². The lowest BCUT2D eigenvalue weighted by Crippen LogP contribution is -2.07. The van der Waals surface area contributed by atoms with Gasteiger partial charge in [-0.05, 0) is 18.2 Å². The van der Waals surface area contributed by atoms with Crippen molar-refractivity contribution in [3.8, 4) is 11.5 Å². The van der Waals surface area contributed by atoms with Crippen molar-refractivity contribution in [2.75, 3.05) is 14.2 Å². The molecular weight excluding hydrogens is 264 g/mol. The number of ether oxygens (including phenoxy) is 2. The fourth-order valence-electron chi connectivity index (χ4n) is 1.77. The highest BCUT2D eigenvalue weighted by molar-refractivity contribution is 6.14. The van der Waals surface area contributed by atoms with Gasteiger partial charge in [0.05, 0.1) is 19.8 Å². The number of hydrogen-bond donors (Lipinski definition) is 1. The van der Waals surface area contributed by atoms with Crippen molar-refractivity contribution in [3.05, 3.63) is 47.4 Å². The largest absolute Gasteiger partial charge is 0.493 e. The van der Waals surface area contributed by atoms with Crippen molar-refractivity contribution in [1.29, 1.82) is 0 Å². The molecule has 1 aromatic heterocycles. The number of carbonyl (C=O) groups excluding carboxylic acids is 1. The maximum Gasteiger partial charge on any atom is 0.339 e. The second kappa shape index (κ2) is 5.48. The maximum absolute atomic E-state index is 12.3. The van der Waals surface area contributed by atoms with Crippen molar-refractivity contribution in [1.82, 2.24) is 0 Å². The monoisotopic (exact) mass is 276 g/mol. The fraction of sp³-hybridized carbons (Fsp3) is 0.143. The number of aromatic carboxylic acids is 1. The molecule has 0 radical (unpaired) electrons. The van der Waals surface area contributed by atoms with Gasteiger partial charge >= 0.3 is 5.97 Å². The molecule has 0 fully saturated rings. The number of furan rings is 1. The first-order chi connectivity index (χ1) is 9.58. The molecule has 104 valence electrons. The number of methoxy groups -OCH3 is 2. The van der Waals surface area contributed by atoms with Gasteiger partial charge in [-0.25, -0.2) is 4.79 Å². The smallest absolute Gasteiger partial charge is 0.339 e. The van der Waals surface area contributed by atoms with Gasteiger partial charge in [-0.2, -0.15) is 0 Å². The normalized spacial score (nSPS) is 10.1. The molecule has 0 unspecified atom stereocenters. The van der Waals surface area contributed by atoms with E-state index in [-0.39, 0.29) is 16.7 Å². The Kier molecular flexibility index (Phi) is 3.74. The zero-order valence-electron chi connectivity index (χ0n) is 10.9. The summed E-state index contributed by atoms with van der Waals surface area (Å²) in [7, 11) is 2.94. The van der Waals surface area contributed by atoms with Crippen molar-refractivity contribution < 1.29 is 28.6 Å². The molecule has 0 aliphatic rings. The van der Waals surface area contributed by atoms with Crippen LogP contribution < -0.4 is 9.47 Å². The van der Waals surface area contributed by atoms with Crippen LogP contribution >= 0.6 is 0 Å². The average molecular weight is 276 g/mol. The summed E-state index contributed by atoms with van der Waals surface area (Å²) in [5, 5.41) is 8.98. The Bertz CT molecular complexity index is 655. The third-order valence-electron chi connectivity index (χ3n) is 2.78. The van der Waals surface area contributed by atoms with Crippen molar-refractivity contribution in [2.24, 2.45) is 0 Å². The Balaban J connectivity index is 2.43. The van der Waals surface area contributed by atoms with Crippen LogP contribution in [0.3, 0.4) is 0 Å². The summed E-state index contributed by atoms with van der Waals surface area (Å²) in [4.78, 5) is 23.3. The highest BCUT2D eigenvalue weighted by Crippen LogP contribution is 2.29. The third kappa shape index (κ3) is 2.35. The second-order valence-electron chi connectivity index (χ2n) is 3.90. The van der Waals surface area contributed by atoms with Crippen molar-refractivity contribution in [3.63, 3.8) is 0 Å². The lowest BCUT2D eigenvalue weighted by Gasteiger charge is -2.08. The molecule has 0 amide bonds. The molecule has 0 aliphatic heterocycles. The van der Waals surface area contributed by atoms with Crippen LogP contribution in [0, 0.1) is 0 Å². The van der Waals surface area contributed by atoms with E-state index < -0.39 is 11.8 Å². The number of carbonyl (C=O) groups is 2. The highest BCUT2D eigenvalue weighted by Gasteiger charge is 2.21. The van der Waals surface area contributed by atoms with Crippen LogP contribution in [0.2, 0.25) is 0 Å². The second-order valence-corrected chi connectivity index (χ2v) is 3.90. The molecule has 6 nitrogen and oxygen atoms in total. The molecule has 2 rings (SSSR count). The van der Waals surface area contributed by atoms with Gasteiger partial charge in [-0.1, -0.05) is 0 Å². The molecule has 0 saturated carbocycles. The van der Waals surface area contributed by atoms with E-state index in [9.17, 15) is 9.59 Å². The van der Waals surface area contributed by atoms with E-state index in [1.54, 1.807) is 6.07 Å². The molecule has 0 spiro atoms. The number of hydrogen-bond acceptors (Lipinski definition) is 5. The van der Waals surface area contributed by atoms with Gasteiger partial charge in [0.2, 0.25) is 0 Å². The van der Waals surface area contributed by atoms with E-state index in [2.05, 4.69) is 0 Å². The average Bonchev–Trinajstić information content (AvgIpc) is 2.95. The molecule has 2 aromatic rings. The first-order valence-electron chi connectivity index (χ1n) is 5.64. The summed E-state index contributed by atoms with van der Waals surface area (Å²) in [6.07, 6.45) is 2.14. The van der Waals surface area contributed by atoms with Crippen LogP contribution in [0.5, 0.6) is 11.5 Å². The molecule has 1 N–H and O–H groups in total. The number of carboxylic acids is 1. The Morgan fingerprint density at radius 2 is 1.70 bits per heavy atom. The minimum Gasteiger partial charge on any atom is -0.493 e. The molecule has 1 aromatic carbocycles. The van der Waals surface area contributed by atoms with E-state index in [1.807, 2.05) is 0 Å². The number of ketones is 1.